The number of hydrogen-bond donors (Lipinski definition) is 1. The molecule has 0 bridgehead atoms. The first-order valence-electron chi connectivity index (χ1n) is 9.03. The van der Waals surface area contributed by atoms with Gasteiger partial charge in [0.1, 0.15) is 5.58 Å². The summed E-state index contributed by atoms with van der Waals surface area (Å²) in [6.45, 7) is 8.18. The topological polar surface area (TPSA) is 28.4 Å². The Morgan fingerprint density at radius 2 is 1.85 bits per heavy atom. The fourth-order valence-corrected chi connectivity index (χ4v) is 4.42. The maximum atomic E-state index is 6.27. The molecule has 2 fully saturated rings. The van der Waals surface area contributed by atoms with Crippen molar-refractivity contribution in [3.8, 4) is 11.1 Å². The van der Waals surface area contributed by atoms with Crippen molar-refractivity contribution < 1.29 is 4.42 Å². The summed E-state index contributed by atoms with van der Waals surface area (Å²) in [6, 6.07) is 14.4. The van der Waals surface area contributed by atoms with Crippen molar-refractivity contribution in [2.75, 3.05) is 18.0 Å². The SMILES string of the molecule is C=C1CCC2(CN(c3oc4cc(-c5ccc(Cl)cc5)ccc4c3C)C2)N1. The van der Waals surface area contributed by atoms with E-state index in [1.54, 1.807) is 0 Å². The maximum Gasteiger partial charge on any atom is 0.199 e. The Bertz CT molecular complexity index is 1010. The van der Waals surface area contributed by atoms with Crippen LogP contribution in [0.1, 0.15) is 18.4 Å². The predicted octanol–water partition coefficient (Wildman–Crippen LogP) is 5.52. The average molecular weight is 365 g/mol. The molecule has 26 heavy (non-hydrogen) atoms. The second-order valence-electron chi connectivity index (χ2n) is 7.61. The van der Waals surface area contributed by atoms with Gasteiger partial charge in [-0.15, -0.1) is 0 Å². The van der Waals surface area contributed by atoms with E-state index >= 15 is 0 Å². The molecule has 1 N–H and O–H groups in total. The molecule has 3 heterocycles. The zero-order valence-corrected chi connectivity index (χ0v) is 15.6. The lowest BCUT2D eigenvalue weighted by Crippen LogP contribution is -2.66. The molecular weight excluding hydrogens is 344 g/mol. The van der Waals surface area contributed by atoms with Crippen LogP contribution in [0.25, 0.3) is 22.1 Å². The van der Waals surface area contributed by atoms with Crippen molar-refractivity contribution >= 4 is 28.5 Å². The molecular formula is C22H21ClN2O. The minimum absolute atomic E-state index is 0.205. The summed E-state index contributed by atoms with van der Waals surface area (Å²) in [5, 5.41) is 5.50. The zero-order chi connectivity index (χ0) is 17.9. The number of allylic oxidation sites excluding steroid dienone is 1. The average Bonchev–Trinajstić information content (AvgIpc) is 3.15. The van der Waals surface area contributed by atoms with Crippen LogP contribution < -0.4 is 10.2 Å². The van der Waals surface area contributed by atoms with Gasteiger partial charge in [0.25, 0.3) is 0 Å². The number of aryl methyl sites for hydroxylation is 1. The highest BCUT2D eigenvalue weighted by Crippen LogP contribution is 2.41. The summed E-state index contributed by atoms with van der Waals surface area (Å²) >= 11 is 6.00. The Hall–Kier alpha value is -2.39. The molecule has 2 aliphatic rings. The van der Waals surface area contributed by atoms with Crippen molar-refractivity contribution in [1.29, 1.82) is 0 Å². The number of benzene rings is 2. The van der Waals surface area contributed by atoms with E-state index in [0.29, 0.717) is 0 Å². The van der Waals surface area contributed by atoms with Crippen LogP contribution >= 0.6 is 11.6 Å². The molecule has 0 amide bonds. The highest BCUT2D eigenvalue weighted by atomic mass is 35.5. The van der Waals surface area contributed by atoms with Crippen molar-refractivity contribution in [2.24, 2.45) is 0 Å². The van der Waals surface area contributed by atoms with Gasteiger partial charge in [0.05, 0.1) is 5.54 Å². The monoisotopic (exact) mass is 364 g/mol. The van der Waals surface area contributed by atoms with Gasteiger partial charge >= 0.3 is 0 Å². The Balaban J connectivity index is 1.46. The second-order valence-corrected chi connectivity index (χ2v) is 8.05. The van der Waals surface area contributed by atoms with E-state index < -0.39 is 0 Å². The Morgan fingerprint density at radius 3 is 2.54 bits per heavy atom. The van der Waals surface area contributed by atoms with Gasteiger partial charge in [-0.2, -0.15) is 0 Å². The second kappa shape index (κ2) is 5.55. The van der Waals surface area contributed by atoms with Gasteiger partial charge in [0.15, 0.2) is 5.88 Å². The van der Waals surface area contributed by atoms with Crippen LogP contribution in [0.4, 0.5) is 5.88 Å². The number of nitrogens with zero attached hydrogens (tertiary/aromatic N) is 1. The van der Waals surface area contributed by atoms with Gasteiger partial charge in [-0.25, -0.2) is 0 Å². The van der Waals surface area contributed by atoms with Gasteiger partial charge in [0.2, 0.25) is 0 Å². The summed E-state index contributed by atoms with van der Waals surface area (Å²) in [5.74, 6) is 0.998. The summed E-state index contributed by atoms with van der Waals surface area (Å²) in [6.07, 6.45) is 2.25. The maximum absolute atomic E-state index is 6.27. The lowest BCUT2D eigenvalue weighted by atomic mass is 9.88. The Labute approximate surface area is 158 Å². The normalized spacial score (nSPS) is 18.4. The van der Waals surface area contributed by atoms with Gasteiger partial charge in [-0.05, 0) is 49.1 Å². The standard InChI is InChI=1S/C22H21ClN2O/c1-14-9-10-22(24-14)12-25(13-22)21-15(2)19-8-5-17(11-20(19)26-21)16-3-6-18(23)7-4-16/h3-8,11,24H,1,9-10,12-13H2,2H3. The highest BCUT2D eigenvalue weighted by Gasteiger charge is 2.47. The first kappa shape index (κ1) is 15.8. The fraction of sp³-hybridized carbons (Fsp3) is 0.273. The van der Waals surface area contributed by atoms with Crippen molar-refractivity contribution in [3.63, 3.8) is 0 Å². The molecule has 0 saturated carbocycles. The first-order valence-corrected chi connectivity index (χ1v) is 9.41. The third kappa shape index (κ3) is 2.42. The van der Waals surface area contributed by atoms with Gasteiger partial charge in [-0.3, -0.25) is 0 Å². The van der Waals surface area contributed by atoms with Crippen LogP contribution in [-0.4, -0.2) is 18.6 Å². The van der Waals surface area contributed by atoms with E-state index in [2.05, 4.69) is 41.9 Å². The molecule has 2 aromatic carbocycles. The minimum Gasteiger partial charge on any atom is -0.440 e. The predicted molar refractivity (Wildman–Crippen MR) is 108 cm³/mol. The van der Waals surface area contributed by atoms with E-state index in [0.717, 1.165) is 47.1 Å². The summed E-state index contributed by atoms with van der Waals surface area (Å²) in [5.41, 5.74) is 5.81. The lowest BCUT2D eigenvalue weighted by molar-refractivity contribution is 0.288. The van der Waals surface area contributed by atoms with E-state index in [9.17, 15) is 0 Å². The van der Waals surface area contributed by atoms with Crippen LogP contribution in [0.3, 0.4) is 0 Å². The molecule has 132 valence electrons. The smallest absolute Gasteiger partial charge is 0.199 e. The van der Waals surface area contributed by atoms with Gasteiger partial charge < -0.3 is 14.6 Å². The van der Waals surface area contributed by atoms with Crippen LogP contribution in [-0.2, 0) is 0 Å². The quantitative estimate of drug-likeness (QED) is 0.649. The number of hydrogen-bond acceptors (Lipinski definition) is 3. The lowest BCUT2D eigenvalue weighted by Gasteiger charge is -2.48. The summed E-state index contributed by atoms with van der Waals surface area (Å²) < 4.78 is 6.27. The van der Waals surface area contributed by atoms with Crippen LogP contribution in [0.2, 0.25) is 5.02 Å². The molecule has 1 spiro atoms. The number of furan rings is 1. The van der Waals surface area contributed by atoms with E-state index in [4.69, 9.17) is 16.0 Å². The molecule has 0 radical (unpaired) electrons. The molecule has 0 unspecified atom stereocenters. The summed E-state index contributed by atoms with van der Waals surface area (Å²) in [4.78, 5) is 2.34. The molecule has 3 aromatic rings. The van der Waals surface area contributed by atoms with Crippen LogP contribution in [0, 0.1) is 6.92 Å². The van der Waals surface area contributed by atoms with E-state index in [1.165, 1.54) is 23.1 Å². The Kier molecular flexibility index (Phi) is 3.38. The van der Waals surface area contributed by atoms with Crippen LogP contribution in [0.5, 0.6) is 0 Å². The van der Waals surface area contributed by atoms with E-state index in [-0.39, 0.29) is 5.54 Å². The summed E-state index contributed by atoms with van der Waals surface area (Å²) in [7, 11) is 0. The molecule has 0 atom stereocenters. The van der Waals surface area contributed by atoms with Crippen LogP contribution in [0.15, 0.2) is 59.2 Å². The molecule has 0 aliphatic carbocycles. The van der Waals surface area contributed by atoms with Gasteiger partial charge in [0, 0.05) is 34.8 Å². The number of rotatable bonds is 2. The van der Waals surface area contributed by atoms with Crippen molar-refractivity contribution in [3.05, 3.63) is 65.3 Å². The molecule has 2 aliphatic heterocycles. The molecule has 3 nitrogen and oxygen atoms in total. The fourth-order valence-electron chi connectivity index (χ4n) is 4.29. The number of nitrogens with one attached hydrogen (secondary N) is 1. The zero-order valence-electron chi connectivity index (χ0n) is 14.8. The minimum atomic E-state index is 0.205. The van der Waals surface area contributed by atoms with Crippen molar-refractivity contribution in [1.82, 2.24) is 5.32 Å². The largest absolute Gasteiger partial charge is 0.440 e. The molecule has 5 rings (SSSR count). The number of fused-ring (bicyclic) bond motifs is 1. The number of halogens is 1. The van der Waals surface area contributed by atoms with E-state index in [1.807, 2.05) is 24.3 Å². The van der Waals surface area contributed by atoms with Gasteiger partial charge in [-0.1, -0.05) is 42.4 Å². The molecule has 4 heteroatoms. The third-order valence-corrected chi connectivity index (χ3v) is 5.96. The number of anilines is 1. The molecule has 2 saturated heterocycles. The third-order valence-electron chi connectivity index (χ3n) is 5.71. The molecule has 1 aromatic heterocycles. The van der Waals surface area contributed by atoms with Crippen molar-refractivity contribution in [2.45, 2.75) is 25.3 Å². The highest BCUT2D eigenvalue weighted by molar-refractivity contribution is 6.30. The Morgan fingerprint density at radius 1 is 1.12 bits per heavy atom. The first-order chi connectivity index (χ1) is 12.5.